The van der Waals surface area contributed by atoms with Gasteiger partial charge in [-0.2, -0.15) is 0 Å². The maximum atomic E-state index is 11.3. The second-order valence-electron chi connectivity index (χ2n) is 3.63. The third kappa shape index (κ3) is 5.20. The summed E-state index contributed by atoms with van der Waals surface area (Å²) < 4.78 is 5.34. The van der Waals surface area contributed by atoms with Crippen LogP contribution in [-0.2, 0) is 4.79 Å². The van der Waals surface area contributed by atoms with E-state index in [1.165, 1.54) is 0 Å². The monoisotopic (exact) mass is 233 g/mol. The van der Waals surface area contributed by atoms with Crippen LogP contribution in [0.2, 0.25) is 0 Å². The van der Waals surface area contributed by atoms with Gasteiger partial charge in [-0.05, 0) is 37.1 Å². The van der Waals surface area contributed by atoms with Gasteiger partial charge in [-0.15, -0.1) is 0 Å². The van der Waals surface area contributed by atoms with Crippen molar-refractivity contribution in [1.82, 2.24) is 5.32 Å². The largest absolute Gasteiger partial charge is 0.494 e. The van der Waals surface area contributed by atoms with E-state index in [2.05, 4.69) is 5.32 Å². The van der Waals surface area contributed by atoms with Gasteiger partial charge in [0.1, 0.15) is 5.75 Å². The lowest BCUT2D eigenvalue weighted by molar-refractivity contribution is -0.116. The van der Waals surface area contributed by atoms with Crippen molar-refractivity contribution in [3.8, 4) is 5.75 Å². The summed E-state index contributed by atoms with van der Waals surface area (Å²) >= 11 is 0. The second kappa shape index (κ2) is 7.49. The van der Waals surface area contributed by atoms with Crippen molar-refractivity contribution in [2.45, 2.75) is 20.3 Å². The number of carbonyl (C=O) groups is 1. The van der Waals surface area contributed by atoms with Crippen LogP contribution in [-0.4, -0.2) is 19.1 Å². The maximum absolute atomic E-state index is 11.3. The number of ether oxygens (including phenoxy) is 1. The molecule has 3 heteroatoms. The van der Waals surface area contributed by atoms with Crippen molar-refractivity contribution in [3.05, 3.63) is 35.9 Å². The van der Waals surface area contributed by atoms with Crippen molar-refractivity contribution >= 4 is 12.0 Å². The molecule has 0 aliphatic rings. The van der Waals surface area contributed by atoms with Gasteiger partial charge in [0.05, 0.1) is 6.61 Å². The molecule has 0 fully saturated rings. The van der Waals surface area contributed by atoms with Gasteiger partial charge in [-0.25, -0.2) is 0 Å². The summed E-state index contributed by atoms with van der Waals surface area (Å²) in [7, 11) is 0. The molecule has 0 saturated heterocycles. The molecule has 17 heavy (non-hydrogen) atoms. The van der Waals surface area contributed by atoms with E-state index >= 15 is 0 Å². The van der Waals surface area contributed by atoms with Crippen LogP contribution in [0.15, 0.2) is 30.3 Å². The molecule has 0 radical (unpaired) electrons. The molecule has 1 aromatic carbocycles. The molecule has 92 valence electrons. The molecule has 0 heterocycles. The summed E-state index contributed by atoms with van der Waals surface area (Å²) in [6.07, 6.45) is 4.29. The third-order valence-electron chi connectivity index (χ3n) is 2.17. The number of carbonyl (C=O) groups excluding carboxylic acids is 1. The first-order chi connectivity index (χ1) is 8.26. The zero-order valence-electron chi connectivity index (χ0n) is 10.4. The molecule has 0 atom stereocenters. The first-order valence-electron chi connectivity index (χ1n) is 5.95. The Labute approximate surface area is 102 Å². The van der Waals surface area contributed by atoms with Gasteiger partial charge < -0.3 is 10.1 Å². The molecule has 0 aromatic heterocycles. The fourth-order valence-corrected chi connectivity index (χ4v) is 1.32. The van der Waals surface area contributed by atoms with E-state index < -0.39 is 0 Å². The Morgan fingerprint density at radius 1 is 1.29 bits per heavy atom. The summed E-state index contributed by atoms with van der Waals surface area (Å²) in [6.45, 7) is 5.35. The van der Waals surface area contributed by atoms with E-state index in [0.29, 0.717) is 13.2 Å². The molecule has 0 saturated carbocycles. The summed E-state index contributed by atoms with van der Waals surface area (Å²) in [6, 6.07) is 7.64. The number of amides is 1. The average molecular weight is 233 g/mol. The molecular formula is C14H19NO2. The fourth-order valence-electron chi connectivity index (χ4n) is 1.32. The van der Waals surface area contributed by atoms with Crippen molar-refractivity contribution in [2.24, 2.45) is 0 Å². The van der Waals surface area contributed by atoms with Gasteiger partial charge in [-0.1, -0.05) is 19.1 Å². The molecule has 1 rings (SSSR count). The van der Waals surface area contributed by atoms with Crippen LogP contribution in [0.3, 0.4) is 0 Å². The van der Waals surface area contributed by atoms with Crippen LogP contribution < -0.4 is 10.1 Å². The van der Waals surface area contributed by atoms with Crippen LogP contribution in [0.5, 0.6) is 5.75 Å². The first kappa shape index (κ1) is 13.3. The lowest BCUT2D eigenvalue weighted by Crippen LogP contribution is -2.21. The smallest absolute Gasteiger partial charge is 0.243 e. The van der Waals surface area contributed by atoms with Crippen LogP contribution in [0.25, 0.3) is 6.08 Å². The van der Waals surface area contributed by atoms with Gasteiger partial charge in [0.25, 0.3) is 0 Å². The molecule has 0 aliphatic carbocycles. The Bertz CT molecular complexity index is 368. The quantitative estimate of drug-likeness (QED) is 0.767. The number of hydrogen-bond acceptors (Lipinski definition) is 2. The van der Waals surface area contributed by atoms with Gasteiger partial charge in [0, 0.05) is 12.6 Å². The van der Waals surface area contributed by atoms with Gasteiger partial charge in [-0.3, -0.25) is 4.79 Å². The summed E-state index contributed by atoms with van der Waals surface area (Å²) in [5.41, 5.74) is 0.986. The SMILES string of the molecule is CCCNC(=O)/C=C\c1ccc(OCC)cc1. The van der Waals surface area contributed by atoms with Gasteiger partial charge in [0.15, 0.2) is 0 Å². The Balaban J connectivity index is 2.50. The molecular weight excluding hydrogens is 214 g/mol. The zero-order chi connectivity index (χ0) is 12.5. The summed E-state index contributed by atoms with van der Waals surface area (Å²) in [4.78, 5) is 11.3. The highest BCUT2D eigenvalue weighted by molar-refractivity contribution is 5.91. The van der Waals surface area contributed by atoms with Crippen LogP contribution in [0.4, 0.5) is 0 Å². The molecule has 1 N–H and O–H groups in total. The average Bonchev–Trinajstić information content (AvgIpc) is 2.36. The van der Waals surface area contributed by atoms with Crippen molar-refractivity contribution in [3.63, 3.8) is 0 Å². The van der Waals surface area contributed by atoms with E-state index in [9.17, 15) is 4.79 Å². The highest BCUT2D eigenvalue weighted by atomic mass is 16.5. The molecule has 3 nitrogen and oxygen atoms in total. The summed E-state index contributed by atoms with van der Waals surface area (Å²) in [5.74, 6) is 0.792. The number of nitrogens with one attached hydrogen (secondary N) is 1. The molecule has 1 amide bonds. The van der Waals surface area contributed by atoms with Gasteiger partial charge in [0.2, 0.25) is 5.91 Å². The molecule has 0 unspecified atom stereocenters. The number of hydrogen-bond donors (Lipinski definition) is 1. The summed E-state index contributed by atoms with van der Waals surface area (Å²) in [5, 5.41) is 2.78. The van der Waals surface area contributed by atoms with Crippen molar-refractivity contribution in [1.29, 1.82) is 0 Å². The molecule has 0 spiro atoms. The Hall–Kier alpha value is -1.77. The zero-order valence-corrected chi connectivity index (χ0v) is 10.4. The van der Waals surface area contributed by atoms with Crippen LogP contribution >= 0.6 is 0 Å². The minimum absolute atomic E-state index is 0.0549. The van der Waals surface area contributed by atoms with Gasteiger partial charge >= 0.3 is 0 Å². The van der Waals surface area contributed by atoms with Crippen LogP contribution in [0.1, 0.15) is 25.8 Å². The number of rotatable bonds is 6. The predicted octanol–water partition coefficient (Wildman–Crippen LogP) is 2.62. The predicted molar refractivity (Wildman–Crippen MR) is 69.9 cm³/mol. The molecule has 1 aromatic rings. The van der Waals surface area contributed by atoms with Crippen LogP contribution in [0, 0.1) is 0 Å². The van der Waals surface area contributed by atoms with Crippen molar-refractivity contribution in [2.75, 3.05) is 13.2 Å². The van der Waals surface area contributed by atoms with E-state index in [1.54, 1.807) is 12.2 Å². The van der Waals surface area contributed by atoms with Crippen molar-refractivity contribution < 1.29 is 9.53 Å². The Morgan fingerprint density at radius 3 is 2.59 bits per heavy atom. The van der Waals surface area contributed by atoms with E-state index in [-0.39, 0.29) is 5.91 Å². The molecule has 0 aliphatic heterocycles. The minimum atomic E-state index is -0.0549. The standard InChI is InChI=1S/C14H19NO2/c1-3-11-15-14(16)10-7-12-5-8-13(9-6-12)17-4-2/h5-10H,3-4,11H2,1-2H3,(H,15,16)/b10-7-. The highest BCUT2D eigenvalue weighted by Crippen LogP contribution is 2.12. The molecule has 0 bridgehead atoms. The minimum Gasteiger partial charge on any atom is -0.494 e. The maximum Gasteiger partial charge on any atom is 0.243 e. The van der Waals surface area contributed by atoms with E-state index in [0.717, 1.165) is 17.7 Å². The van der Waals surface area contributed by atoms with E-state index in [1.807, 2.05) is 38.1 Å². The topological polar surface area (TPSA) is 38.3 Å². The third-order valence-corrected chi connectivity index (χ3v) is 2.17. The first-order valence-corrected chi connectivity index (χ1v) is 5.95. The fraction of sp³-hybridized carbons (Fsp3) is 0.357. The lowest BCUT2D eigenvalue weighted by Gasteiger charge is -2.02. The Kier molecular flexibility index (Phi) is 5.86. The van der Waals surface area contributed by atoms with E-state index in [4.69, 9.17) is 4.74 Å². The lowest BCUT2D eigenvalue weighted by atomic mass is 10.2. The Morgan fingerprint density at radius 2 is 2.00 bits per heavy atom. The number of benzene rings is 1. The highest BCUT2D eigenvalue weighted by Gasteiger charge is 1.94. The normalized spacial score (nSPS) is 10.5. The second-order valence-corrected chi connectivity index (χ2v) is 3.63.